The van der Waals surface area contributed by atoms with Crippen molar-refractivity contribution in [1.82, 2.24) is 14.8 Å². The fourth-order valence-corrected chi connectivity index (χ4v) is 2.96. The second-order valence-corrected chi connectivity index (χ2v) is 6.37. The number of hydrogen-bond acceptors (Lipinski definition) is 6. The molecular weight excluding hydrogens is 348 g/mol. The van der Waals surface area contributed by atoms with Crippen LogP contribution in [0, 0.1) is 10.1 Å². The number of carbonyl (C=O) groups is 1. The smallest absolute Gasteiger partial charge is 0.269 e. The van der Waals surface area contributed by atoms with Crippen LogP contribution in [0.4, 0.5) is 5.69 Å². The Balaban J connectivity index is 1.38. The van der Waals surface area contributed by atoms with E-state index >= 15 is 0 Å². The fraction of sp³-hybridized carbons (Fsp3) is 0.368. The summed E-state index contributed by atoms with van der Waals surface area (Å²) in [6.07, 6.45) is 4.58. The minimum atomic E-state index is -0.469. The van der Waals surface area contributed by atoms with Crippen LogP contribution in [-0.4, -0.2) is 64.9 Å². The number of nitro benzene ring substituents is 1. The van der Waals surface area contributed by atoms with Gasteiger partial charge in [0.05, 0.1) is 4.92 Å². The van der Waals surface area contributed by atoms with Crippen LogP contribution in [0.1, 0.15) is 5.56 Å². The summed E-state index contributed by atoms with van der Waals surface area (Å²) in [5.74, 6) is 0.382. The van der Waals surface area contributed by atoms with E-state index in [0.29, 0.717) is 18.8 Å². The molecule has 0 aliphatic carbocycles. The van der Waals surface area contributed by atoms with E-state index in [-0.39, 0.29) is 18.2 Å². The molecule has 1 aromatic carbocycles. The van der Waals surface area contributed by atoms with Crippen molar-refractivity contribution in [3.8, 4) is 5.75 Å². The van der Waals surface area contributed by atoms with Gasteiger partial charge in [-0.25, -0.2) is 0 Å². The summed E-state index contributed by atoms with van der Waals surface area (Å²) < 4.78 is 5.45. The van der Waals surface area contributed by atoms with Crippen LogP contribution in [0.15, 0.2) is 48.8 Å². The largest absolute Gasteiger partial charge is 0.484 e. The van der Waals surface area contributed by atoms with Gasteiger partial charge < -0.3 is 9.64 Å². The number of piperazine rings is 1. The second-order valence-electron chi connectivity index (χ2n) is 6.37. The molecule has 0 unspecified atom stereocenters. The highest BCUT2D eigenvalue weighted by Crippen LogP contribution is 2.17. The molecule has 1 amide bonds. The lowest BCUT2D eigenvalue weighted by molar-refractivity contribution is -0.384. The van der Waals surface area contributed by atoms with E-state index < -0.39 is 4.92 Å². The maximum atomic E-state index is 12.3. The minimum absolute atomic E-state index is 0.00318. The molecule has 2 heterocycles. The van der Waals surface area contributed by atoms with Crippen molar-refractivity contribution >= 4 is 11.6 Å². The molecular formula is C19H22N4O4. The summed E-state index contributed by atoms with van der Waals surface area (Å²) in [7, 11) is 0. The van der Waals surface area contributed by atoms with Crippen LogP contribution >= 0.6 is 0 Å². The summed E-state index contributed by atoms with van der Waals surface area (Å²) in [5.41, 5.74) is 1.26. The monoisotopic (exact) mass is 370 g/mol. The zero-order valence-electron chi connectivity index (χ0n) is 15.0. The molecule has 0 N–H and O–H groups in total. The van der Waals surface area contributed by atoms with Gasteiger partial charge in [-0.3, -0.25) is 24.8 Å². The van der Waals surface area contributed by atoms with Crippen molar-refractivity contribution in [3.63, 3.8) is 0 Å². The van der Waals surface area contributed by atoms with E-state index in [0.717, 1.165) is 26.1 Å². The number of nitrogens with zero attached hydrogens (tertiary/aromatic N) is 4. The highest BCUT2D eigenvalue weighted by molar-refractivity contribution is 5.77. The lowest BCUT2D eigenvalue weighted by Gasteiger charge is -2.34. The van der Waals surface area contributed by atoms with E-state index in [9.17, 15) is 14.9 Å². The summed E-state index contributed by atoms with van der Waals surface area (Å²) in [4.78, 5) is 30.6. The average Bonchev–Trinajstić information content (AvgIpc) is 2.72. The Kier molecular flexibility index (Phi) is 6.32. The Morgan fingerprint density at radius 2 is 1.74 bits per heavy atom. The first kappa shape index (κ1) is 18.8. The molecule has 1 aromatic heterocycles. The van der Waals surface area contributed by atoms with Gasteiger partial charge in [0.25, 0.3) is 11.6 Å². The molecule has 1 fully saturated rings. The summed E-state index contributed by atoms with van der Waals surface area (Å²) in [6.45, 7) is 3.94. The molecule has 8 nitrogen and oxygen atoms in total. The van der Waals surface area contributed by atoms with Gasteiger partial charge in [0.1, 0.15) is 5.75 Å². The van der Waals surface area contributed by atoms with E-state index in [1.54, 1.807) is 17.3 Å². The van der Waals surface area contributed by atoms with Gasteiger partial charge in [-0.15, -0.1) is 0 Å². The first-order valence-electron chi connectivity index (χ1n) is 8.88. The molecule has 0 atom stereocenters. The van der Waals surface area contributed by atoms with Crippen molar-refractivity contribution in [2.24, 2.45) is 0 Å². The van der Waals surface area contributed by atoms with E-state index in [4.69, 9.17) is 4.74 Å². The van der Waals surface area contributed by atoms with Crippen molar-refractivity contribution < 1.29 is 14.5 Å². The van der Waals surface area contributed by atoms with Gasteiger partial charge in [0.15, 0.2) is 6.61 Å². The average molecular weight is 370 g/mol. The Morgan fingerprint density at radius 1 is 1.07 bits per heavy atom. The number of hydrogen-bond donors (Lipinski definition) is 0. The van der Waals surface area contributed by atoms with Crippen LogP contribution in [0.5, 0.6) is 5.75 Å². The van der Waals surface area contributed by atoms with Gasteiger partial charge in [0.2, 0.25) is 0 Å². The van der Waals surface area contributed by atoms with Crippen LogP contribution in [0.2, 0.25) is 0 Å². The van der Waals surface area contributed by atoms with Gasteiger partial charge in [-0.05, 0) is 36.2 Å². The van der Waals surface area contributed by atoms with Gasteiger partial charge in [0, 0.05) is 57.3 Å². The zero-order chi connectivity index (χ0) is 19.1. The lowest BCUT2D eigenvalue weighted by Crippen LogP contribution is -2.50. The third-order valence-corrected chi connectivity index (χ3v) is 4.60. The highest BCUT2D eigenvalue weighted by atomic mass is 16.6. The Labute approximate surface area is 157 Å². The molecule has 1 aliphatic heterocycles. The van der Waals surface area contributed by atoms with Gasteiger partial charge in [-0.2, -0.15) is 0 Å². The highest BCUT2D eigenvalue weighted by Gasteiger charge is 2.21. The minimum Gasteiger partial charge on any atom is -0.484 e. The van der Waals surface area contributed by atoms with Crippen LogP contribution < -0.4 is 4.74 Å². The number of pyridine rings is 1. The van der Waals surface area contributed by atoms with Crippen LogP contribution in [0.3, 0.4) is 0 Å². The van der Waals surface area contributed by atoms with Gasteiger partial charge >= 0.3 is 0 Å². The molecule has 0 spiro atoms. The number of carbonyl (C=O) groups excluding carboxylic acids is 1. The predicted octanol–water partition coefficient (Wildman–Crippen LogP) is 1.76. The normalized spacial score (nSPS) is 14.7. The maximum absolute atomic E-state index is 12.3. The first-order chi connectivity index (χ1) is 13.1. The summed E-state index contributed by atoms with van der Waals surface area (Å²) in [6, 6.07) is 9.78. The number of ether oxygens (including phenoxy) is 1. The third-order valence-electron chi connectivity index (χ3n) is 4.60. The van der Waals surface area contributed by atoms with Gasteiger partial charge in [-0.1, -0.05) is 0 Å². The molecule has 142 valence electrons. The van der Waals surface area contributed by atoms with Crippen molar-refractivity contribution in [1.29, 1.82) is 0 Å². The predicted molar refractivity (Wildman–Crippen MR) is 99.6 cm³/mol. The SMILES string of the molecule is O=C(COc1ccc([N+](=O)[O-])cc1)N1CCN(CCc2ccncc2)CC1. The Bertz CT molecular complexity index is 759. The quantitative estimate of drug-likeness (QED) is 0.545. The maximum Gasteiger partial charge on any atom is 0.269 e. The first-order valence-corrected chi connectivity index (χ1v) is 8.88. The molecule has 3 rings (SSSR count). The molecule has 1 aliphatic rings. The number of amides is 1. The topological polar surface area (TPSA) is 88.8 Å². The number of nitro groups is 1. The Morgan fingerprint density at radius 3 is 2.37 bits per heavy atom. The summed E-state index contributed by atoms with van der Waals surface area (Å²) >= 11 is 0. The fourth-order valence-electron chi connectivity index (χ4n) is 2.96. The number of rotatable bonds is 7. The zero-order valence-corrected chi connectivity index (χ0v) is 15.0. The molecule has 0 bridgehead atoms. The Hall–Kier alpha value is -3.00. The van der Waals surface area contributed by atoms with Crippen molar-refractivity contribution in [2.75, 3.05) is 39.3 Å². The van der Waals surface area contributed by atoms with Crippen LogP contribution in [0.25, 0.3) is 0 Å². The lowest BCUT2D eigenvalue weighted by atomic mass is 10.2. The number of aromatic nitrogens is 1. The molecule has 27 heavy (non-hydrogen) atoms. The molecule has 1 saturated heterocycles. The molecule has 0 saturated carbocycles. The van der Waals surface area contributed by atoms with Crippen LogP contribution in [-0.2, 0) is 11.2 Å². The van der Waals surface area contributed by atoms with E-state index in [2.05, 4.69) is 9.88 Å². The molecule has 0 radical (unpaired) electrons. The molecule has 2 aromatic rings. The molecule has 8 heteroatoms. The number of non-ortho nitro benzene ring substituents is 1. The second kappa shape index (κ2) is 9.09. The van der Waals surface area contributed by atoms with Crippen molar-refractivity contribution in [2.45, 2.75) is 6.42 Å². The van der Waals surface area contributed by atoms with E-state index in [1.807, 2.05) is 12.1 Å². The van der Waals surface area contributed by atoms with E-state index in [1.165, 1.54) is 29.8 Å². The number of benzene rings is 1. The summed E-state index contributed by atoms with van der Waals surface area (Å²) in [5, 5.41) is 10.6. The standard InChI is InChI=1S/C19H22N4O4/c24-19(15-27-18-3-1-17(2-4-18)23(25)26)22-13-11-21(12-14-22)10-7-16-5-8-20-9-6-16/h1-6,8-9H,7,10-15H2. The third kappa shape index (κ3) is 5.49. The van der Waals surface area contributed by atoms with Crippen molar-refractivity contribution in [3.05, 3.63) is 64.5 Å².